The molecule has 2 rings (SSSR count). The number of benzene rings is 2. The zero-order valence-corrected chi connectivity index (χ0v) is 10.7. The van der Waals surface area contributed by atoms with Crippen LogP contribution in [0.5, 0.6) is 0 Å². The Morgan fingerprint density at radius 3 is 2.21 bits per heavy atom. The van der Waals surface area contributed by atoms with Gasteiger partial charge in [0.2, 0.25) is 0 Å². The van der Waals surface area contributed by atoms with Crippen LogP contribution in [0.1, 0.15) is 28.3 Å². The topological polar surface area (TPSA) is 26.0 Å². The molecule has 0 saturated carbocycles. The predicted octanol–water partition coefficient (Wildman–Crippen LogP) is 3.77. The SMILES string of the molecule is Cc1cc(F)cc(C(N)c2cc(C)c(F)cc2F)c1. The summed E-state index contributed by atoms with van der Waals surface area (Å²) in [5.74, 6) is -1.77. The molecule has 0 fully saturated rings. The van der Waals surface area contributed by atoms with Crippen LogP contribution >= 0.6 is 0 Å². The van der Waals surface area contributed by atoms with Gasteiger partial charge in [0.05, 0.1) is 6.04 Å². The summed E-state index contributed by atoms with van der Waals surface area (Å²) in [5.41, 5.74) is 7.57. The normalized spacial score (nSPS) is 12.5. The molecule has 0 saturated heterocycles. The van der Waals surface area contributed by atoms with Gasteiger partial charge in [0.15, 0.2) is 0 Å². The number of hydrogen-bond donors (Lipinski definition) is 1. The molecule has 0 amide bonds. The Labute approximate surface area is 109 Å². The van der Waals surface area contributed by atoms with Crippen LogP contribution in [0.15, 0.2) is 30.3 Å². The smallest absolute Gasteiger partial charge is 0.131 e. The first-order valence-electron chi connectivity index (χ1n) is 5.86. The Kier molecular flexibility index (Phi) is 3.62. The molecule has 0 heterocycles. The van der Waals surface area contributed by atoms with Crippen molar-refractivity contribution in [3.8, 4) is 0 Å². The highest BCUT2D eigenvalue weighted by Gasteiger charge is 2.16. The highest BCUT2D eigenvalue weighted by molar-refractivity contribution is 5.37. The summed E-state index contributed by atoms with van der Waals surface area (Å²) in [6.07, 6.45) is 0. The molecular formula is C15H14F3N. The second-order valence-corrected chi connectivity index (χ2v) is 4.66. The molecular weight excluding hydrogens is 251 g/mol. The van der Waals surface area contributed by atoms with Crippen molar-refractivity contribution < 1.29 is 13.2 Å². The standard InChI is InChI=1S/C15H14F3N/c1-8-3-10(6-11(16)4-8)15(19)12-5-9(2)13(17)7-14(12)18/h3-7,15H,19H2,1-2H3. The fraction of sp³-hybridized carbons (Fsp3) is 0.200. The number of aryl methyl sites for hydroxylation is 2. The summed E-state index contributed by atoms with van der Waals surface area (Å²) in [5, 5.41) is 0. The van der Waals surface area contributed by atoms with Crippen LogP contribution in [0, 0.1) is 31.3 Å². The van der Waals surface area contributed by atoms with Crippen molar-refractivity contribution in [2.24, 2.45) is 5.73 Å². The van der Waals surface area contributed by atoms with Gasteiger partial charge >= 0.3 is 0 Å². The van der Waals surface area contributed by atoms with Crippen LogP contribution in [-0.4, -0.2) is 0 Å². The highest BCUT2D eigenvalue weighted by Crippen LogP contribution is 2.25. The van der Waals surface area contributed by atoms with Crippen molar-refractivity contribution in [1.82, 2.24) is 0 Å². The molecule has 1 nitrogen and oxygen atoms in total. The van der Waals surface area contributed by atoms with Gasteiger partial charge in [0, 0.05) is 11.6 Å². The monoisotopic (exact) mass is 265 g/mol. The Balaban J connectivity index is 2.49. The number of halogens is 3. The molecule has 0 bridgehead atoms. The van der Waals surface area contributed by atoms with Crippen LogP contribution in [0.2, 0.25) is 0 Å². The molecule has 0 radical (unpaired) electrons. The van der Waals surface area contributed by atoms with Crippen LogP contribution in [0.4, 0.5) is 13.2 Å². The van der Waals surface area contributed by atoms with E-state index in [0.29, 0.717) is 16.7 Å². The maximum atomic E-state index is 13.8. The second kappa shape index (κ2) is 5.05. The Bertz CT molecular complexity index is 603. The van der Waals surface area contributed by atoms with Crippen molar-refractivity contribution >= 4 is 0 Å². The average Bonchev–Trinajstić information content (AvgIpc) is 2.31. The van der Waals surface area contributed by atoms with Crippen molar-refractivity contribution in [2.45, 2.75) is 19.9 Å². The minimum atomic E-state index is -0.825. The summed E-state index contributed by atoms with van der Waals surface area (Å²) in [6.45, 7) is 3.26. The third-order valence-corrected chi connectivity index (χ3v) is 3.04. The second-order valence-electron chi connectivity index (χ2n) is 4.66. The van der Waals surface area contributed by atoms with E-state index in [1.54, 1.807) is 13.0 Å². The molecule has 0 aliphatic rings. The zero-order valence-electron chi connectivity index (χ0n) is 10.7. The predicted molar refractivity (Wildman–Crippen MR) is 68.3 cm³/mol. The van der Waals surface area contributed by atoms with E-state index in [1.165, 1.54) is 25.1 Å². The van der Waals surface area contributed by atoms with Crippen molar-refractivity contribution in [1.29, 1.82) is 0 Å². The van der Waals surface area contributed by atoms with E-state index in [-0.39, 0.29) is 5.56 Å². The van der Waals surface area contributed by atoms with E-state index < -0.39 is 23.5 Å². The van der Waals surface area contributed by atoms with E-state index in [1.807, 2.05) is 0 Å². The quantitative estimate of drug-likeness (QED) is 0.878. The molecule has 2 aromatic rings. The third kappa shape index (κ3) is 2.79. The minimum absolute atomic E-state index is 0.156. The lowest BCUT2D eigenvalue weighted by Crippen LogP contribution is -2.15. The van der Waals surface area contributed by atoms with Gasteiger partial charge in [-0.25, -0.2) is 13.2 Å². The highest BCUT2D eigenvalue weighted by atomic mass is 19.1. The summed E-state index contributed by atoms with van der Waals surface area (Å²) in [7, 11) is 0. The Morgan fingerprint density at radius 1 is 0.895 bits per heavy atom. The molecule has 100 valence electrons. The molecule has 1 atom stereocenters. The summed E-state index contributed by atoms with van der Waals surface area (Å²) < 4.78 is 40.3. The summed E-state index contributed by atoms with van der Waals surface area (Å²) >= 11 is 0. The molecule has 19 heavy (non-hydrogen) atoms. The largest absolute Gasteiger partial charge is 0.320 e. The van der Waals surface area contributed by atoms with Crippen molar-refractivity contribution in [3.05, 3.63) is 70.0 Å². The van der Waals surface area contributed by atoms with E-state index >= 15 is 0 Å². The number of rotatable bonds is 2. The van der Waals surface area contributed by atoms with Gasteiger partial charge < -0.3 is 5.73 Å². The molecule has 1 unspecified atom stereocenters. The van der Waals surface area contributed by atoms with Crippen LogP contribution in [0.25, 0.3) is 0 Å². The first kappa shape index (κ1) is 13.6. The average molecular weight is 265 g/mol. The molecule has 0 spiro atoms. The zero-order chi connectivity index (χ0) is 14.2. The van der Waals surface area contributed by atoms with E-state index in [9.17, 15) is 13.2 Å². The maximum absolute atomic E-state index is 13.8. The first-order chi connectivity index (χ1) is 8.88. The molecule has 2 aromatic carbocycles. The van der Waals surface area contributed by atoms with Crippen molar-refractivity contribution in [2.75, 3.05) is 0 Å². The van der Waals surface area contributed by atoms with Crippen molar-refractivity contribution in [3.63, 3.8) is 0 Å². The minimum Gasteiger partial charge on any atom is -0.320 e. The van der Waals surface area contributed by atoms with Gasteiger partial charge in [-0.2, -0.15) is 0 Å². The summed E-state index contributed by atoms with van der Waals surface area (Å²) in [6, 6.07) is 5.64. The molecule has 0 aliphatic heterocycles. The lowest BCUT2D eigenvalue weighted by Gasteiger charge is -2.15. The van der Waals surface area contributed by atoms with E-state index in [0.717, 1.165) is 6.07 Å². The van der Waals surface area contributed by atoms with Crippen LogP contribution < -0.4 is 5.73 Å². The molecule has 2 N–H and O–H groups in total. The lowest BCUT2D eigenvalue weighted by molar-refractivity contribution is 0.560. The van der Waals surface area contributed by atoms with Gasteiger partial charge in [0.25, 0.3) is 0 Å². The van der Waals surface area contributed by atoms with Gasteiger partial charge in [-0.05, 0) is 48.7 Å². The third-order valence-electron chi connectivity index (χ3n) is 3.04. The Hall–Kier alpha value is -1.81. The van der Waals surface area contributed by atoms with Gasteiger partial charge in [-0.1, -0.05) is 6.07 Å². The van der Waals surface area contributed by atoms with E-state index in [4.69, 9.17) is 5.73 Å². The van der Waals surface area contributed by atoms with Gasteiger partial charge in [-0.15, -0.1) is 0 Å². The molecule has 0 aliphatic carbocycles. The lowest BCUT2D eigenvalue weighted by atomic mass is 9.96. The molecule has 4 heteroatoms. The Morgan fingerprint density at radius 2 is 1.58 bits per heavy atom. The number of nitrogens with two attached hydrogens (primary N) is 1. The fourth-order valence-electron chi connectivity index (χ4n) is 2.04. The molecule has 0 aromatic heterocycles. The number of hydrogen-bond acceptors (Lipinski definition) is 1. The van der Waals surface area contributed by atoms with E-state index in [2.05, 4.69) is 0 Å². The fourth-order valence-corrected chi connectivity index (χ4v) is 2.04. The van der Waals surface area contributed by atoms with Crippen LogP contribution in [0.3, 0.4) is 0 Å². The maximum Gasteiger partial charge on any atom is 0.131 e. The van der Waals surface area contributed by atoms with Crippen LogP contribution in [-0.2, 0) is 0 Å². The summed E-state index contributed by atoms with van der Waals surface area (Å²) in [4.78, 5) is 0. The van der Waals surface area contributed by atoms with Gasteiger partial charge in [0.1, 0.15) is 17.5 Å². The van der Waals surface area contributed by atoms with Gasteiger partial charge in [-0.3, -0.25) is 0 Å². The first-order valence-corrected chi connectivity index (χ1v) is 5.86.